The van der Waals surface area contributed by atoms with Crippen molar-refractivity contribution in [2.75, 3.05) is 9.80 Å². The van der Waals surface area contributed by atoms with Crippen LogP contribution >= 0.6 is 11.6 Å². The van der Waals surface area contributed by atoms with Crippen molar-refractivity contribution < 1.29 is 9.90 Å². The Balaban J connectivity index is 1.89. The fourth-order valence-electron chi connectivity index (χ4n) is 3.78. The molecule has 1 saturated heterocycles. The van der Waals surface area contributed by atoms with Gasteiger partial charge in [0.15, 0.2) is 5.72 Å². The molecule has 4 rings (SSSR count). The lowest BCUT2D eigenvalue weighted by Gasteiger charge is -2.35. The number of amides is 2. The third kappa shape index (κ3) is 2.86. The topological polar surface area (TPSA) is 43.8 Å². The van der Waals surface area contributed by atoms with Crippen LogP contribution in [0.25, 0.3) is 0 Å². The minimum Gasteiger partial charge on any atom is -0.365 e. The molecule has 3 aromatic rings. The summed E-state index contributed by atoms with van der Waals surface area (Å²) in [5, 5.41) is 12.5. The normalized spacial score (nSPS) is 22.0. The van der Waals surface area contributed by atoms with Crippen LogP contribution in [0.15, 0.2) is 78.9 Å². The summed E-state index contributed by atoms with van der Waals surface area (Å²) in [6.07, 6.45) is 0. The molecular weight excluding hydrogens is 372 g/mol. The second kappa shape index (κ2) is 6.97. The summed E-state index contributed by atoms with van der Waals surface area (Å²) in [5.41, 5.74) is 1.55. The Morgan fingerprint density at radius 2 is 1.46 bits per heavy atom. The van der Waals surface area contributed by atoms with E-state index in [4.69, 9.17) is 11.6 Å². The van der Waals surface area contributed by atoms with Gasteiger partial charge >= 0.3 is 6.03 Å². The molecule has 1 N–H and O–H groups in total. The maximum absolute atomic E-state index is 13.5. The van der Waals surface area contributed by atoms with Crippen molar-refractivity contribution >= 4 is 29.0 Å². The molecule has 1 fully saturated rings. The summed E-state index contributed by atoms with van der Waals surface area (Å²) in [7, 11) is 0. The lowest BCUT2D eigenvalue weighted by Crippen LogP contribution is -2.48. The van der Waals surface area contributed by atoms with Gasteiger partial charge in [0, 0.05) is 22.0 Å². The SMILES string of the molecule is Cc1ccc(N2C(=O)N(c3ccc(Cl)cc3)[C@@H](C)C2(O)c2ccccc2)cc1. The van der Waals surface area contributed by atoms with Crippen LogP contribution in [-0.2, 0) is 5.72 Å². The second-order valence-electron chi connectivity index (χ2n) is 7.07. The van der Waals surface area contributed by atoms with Gasteiger partial charge in [-0.2, -0.15) is 0 Å². The largest absolute Gasteiger partial charge is 0.365 e. The minimum absolute atomic E-state index is 0.287. The summed E-state index contributed by atoms with van der Waals surface area (Å²) in [6, 6.07) is 23.2. The molecule has 1 aliphatic heterocycles. The third-order valence-corrected chi connectivity index (χ3v) is 5.56. The molecule has 28 heavy (non-hydrogen) atoms. The second-order valence-corrected chi connectivity index (χ2v) is 7.50. The average Bonchev–Trinajstić information content (AvgIpc) is 2.91. The van der Waals surface area contributed by atoms with Gasteiger partial charge < -0.3 is 5.11 Å². The molecule has 142 valence electrons. The van der Waals surface area contributed by atoms with E-state index in [1.807, 2.05) is 68.4 Å². The number of anilines is 2. The number of urea groups is 1. The summed E-state index contributed by atoms with van der Waals surface area (Å²) < 4.78 is 0. The number of aryl methyl sites for hydroxylation is 1. The molecule has 0 aliphatic carbocycles. The molecule has 0 aromatic heterocycles. The van der Waals surface area contributed by atoms with E-state index in [0.717, 1.165) is 5.56 Å². The first kappa shape index (κ1) is 18.5. The quantitative estimate of drug-likeness (QED) is 0.654. The molecule has 1 heterocycles. The third-order valence-electron chi connectivity index (χ3n) is 5.30. The fourth-order valence-corrected chi connectivity index (χ4v) is 3.90. The van der Waals surface area contributed by atoms with Crippen LogP contribution in [0.2, 0.25) is 5.02 Å². The van der Waals surface area contributed by atoms with Crippen LogP contribution in [0.1, 0.15) is 18.1 Å². The maximum Gasteiger partial charge on any atom is 0.332 e. The van der Waals surface area contributed by atoms with Crippen LogP contribution in [0, 0.1) is 6.92 Å². The van der Waals surface area contributed by atoms with Gasteiger partial charge in [-0.1, -0.05) is 59.6 Å². The van der Waals surface area contributed by atoms with Crippen molar-refractivity contribution in [3.05, 3.63) is 95.0 Å². The molecule has 4 nitrogen and oxygen atoms in total. The van der Waals surface area contributed by atoms with E-state index in [9.17, 15) is 9.90 Å². The smallest absolute Gasteiger partial charge is 0.332 e. The number of rotatable bonds is 3. The molecule has 3 aromatic carbocycles. The number of hydrogen-bond donors (Lipinski definition) is 1. The Morgan fingerprint density at radius 3 is 2.07 bits per heavy atom. The molecule has 0 spiro atoms. The lowest BCUT2D eigenvalue weighted by atomic mass is 9.94. The number of benzene rings is 3. The van der Waals surface area contributed by atoms with Crippen molar-refractivity contribution in [3.63, 3.8) is 0 Å². The van der Waals surface area contributed by atoms with E-state index >= 15 is 0 Å². The predicted octanol–water partition coefficient (Wildman–Crippen LogP) is 5.33. The Morgan fingerprint density at radius 1 is 0.893 bits per heavy atom. The highest BCUT2D eigenvalue weighted by molar-refractivity contribution is 6.30. The van der Waals surface area contributed by atoms with Gasteiger partial charge in [0.1, 0.15) is 0 Å². The van der Waals surface area contributed by atoms with Gasteiger partial charge in [-0.3, -0.25) is 9.80 Å². The predicted molar refractivity (Wildman–Crippen MR) is 113 cm³/mol. The summed E-state index contributed by atoms with van der Waals surface area (Å²) in [6.45, 7) is 3.84. The van der Waals surface area contributed by atoms with Gasteiger partial charge in [-0.05, 0) is 50.2 Å². The van der Waals surface area contributed by atoms with Crippen molar-refractivity contribution in [1.29, 1.82) is 0 Å². The van der Waals surface area contributed by atoms with Crippen molar-refractivity contribution in [1.82, 2.24) is 0 Å². The number of carbonyl (C=O) groups is 1. The molecule has 0 bridgehead atoms. The number of aliphatic hydroxyl groups is 1. The van der Waals surface area contributed by atoms with Crippen LogP contribution < -0.4 is 9.80 Å². The number of halogens is 1. The number of carbonyl (C=O) groups excluding carboxylic acids is 1. The molecule has 2 amide bonds. The van der Waals surface area contributed by atoms with E-state index in [1.165, 1.54) is 4.90 Å². The van der Waals surface area contributed by atoms with Crippen molar-refractivity contribution in [2.24, 2.45) is 0 Å². The Kier molecular flexibility index (Phi) is 4.61. The fraction of sp³-hybridized carbons (Fsp3) is 0.174. The first-order chi connectivity index (χ1) is 13.4. The van der Waals surface area contributed by atoms with E-state index in [1.54, 1.807) is 29.2 Å². The van der Waals surface area contributed by atoms with Crippen LogP contribution in [-0.4, -0.2) is 17.2 Å². The van der Waals surface area contributed by atoms with Crippen LogP contribution in [0.4, 0.5) is 16.2 Å². The van der Waals surface area contributed by atoms with Crippen molar-refractivity contribution in [2.45, 2.75) is 25.6 Å². The Bertz CT molecular complexity index is 989. The van der Waals surface area contributed by atoms with Gasteiger partial charge in [0.05, 0.1) is 6.04 Å². The zero-order valence-electron chi connectivity index (χ0n) is 15.7. The summed E-state index contributed by atoms with van der Waals surface area (Å²) in [5.74, 6) is 0. The molecule has 1 unspecified atom stereocenters. The van der Waals surface area contributed by atoms with E-state index in [2.05, 4.69) is 0 Å². The number of nitrogens with zero attached hydrogens (tertiary/aromatic N) is 2. The summed E-state index contributed by atoms with van der Waals surface area (Å²) in [4.78, 5) is 16.6. The first-order valence-electron chi connectivity index (χ1n) is 9.16. The first-order valence-corrected chi connectivity index (χ1v) is 9.54. The van der Waals surface area contributed by atoms with Gasteiger partial charge in [0.25, 0.3) is 0 Å². The molecule has 2 atom stereocenters. The zero-order chi connectivity index (χ0) is 19.9. The van der Waals surface area contributed by atoms with Gasteiger partial charge in [-0.15, -0.1) is 0 Å². The van der Waals surface area contributed by atoms with E-state index in [-0.39, 0.29) is 6.03 Å². The van der Waals surface area contributed by atoms with Crippen LogP contribution in [0.5, 0.6) is 0 Å². The average molecular weight is 393 g/mol. The Labute approximate surface area is 169 Å². The highest BCUT2D eigenvalue weighted by Crippen LogP contribution is 2.44. The highest BCUT2D eigenvalue weighted by atomic mass is 35.5. The highest BCUT2D eigenvalue weighted by Gasteiger charge is 2.56. The summed E-state index contributed by atoms with van der Waals surface area (Å²) >= 11 is 6.02. The monoisotopic (exact) mass is 392 g/mol. The maximum atomic E-state index is 13.5. The lowest BCUT2D eigenvalue weighted by molar-refractivity contribution is 0.0372. The van der Waals surface area contributed by atoms with E-state index < -0.39 is 11.8 Å². The van der Waals surface area contributed by atoms with Gasteiger partial charge in [0.2, 0.25) is 0 Å². The van der Waals surface area contributed by atoms with Gasteiger partial charge in [-0.25, -0.2) is 4.79 Å². The zero-order valence-corrected chi connectivity index (χ0v) is 16.5. The van der Waals surface area contributed by atoms with Crippen LogP contribution in [0.3, 0.4) is 0 Å². The standard InChI is InChI=1S/C23H21ClN2O2/c1-16-8-12-21(13-9-16)26-22(27)25(20-14-10-19(24)11-15-20)17(2)23(26,28)18-6-4-3-5-7-18/h3-15,17,28H,1-2H3/t17-,23?/m0/s1. The number of hydrogen-bond acceptors (Lipinski definition) is 2. The molecule has 5 heteroatoms. The molecular formula is C23H21ClN2O2. The minimum atomic E-state index is -1.52. The van der Waals surface area contributed by atoms with Crippen molar-refractivity contribution in [3.8, 4) is 0 Å². The molecule has 0 saturated carbocycles. The molecule has 1 aliphatic rings. The Hall–Kier alpha value is -2.82. The van der Waals surface area contributed by atoms with E-state index in [0.29, 0.717) is 22.0 Å². The molecule has 0 radical (unpaired) electrons.